The van der Waals surface area contributed by atoms with Crippen LogP contribution in [0.25, 0.3) is 0 Å². The van der Waals surface area contributed by atoms with E-state index in [1.54, 1.807) is 24.3 Å². The van der Waals surface area contributed by atoms with Crippen molar-refractivity contribution < 1.29 is 28.7 Å². The van der Waals surface area contributed by atoms with Gasteiger partial charge >= 0.3 is 11.9 Å². The quantitative estimate of drug-likeness (QED) is 0.545. The zero-order valence-electron chi connectivity index (χ0n) is 17.4. The third-order valence-electron chi connectivity index (χ3n) is 4.23. The third kappa shape index (κ3) is 7.53. The molecule has 0 aliphatic carbocycles. The summed E-state index contributed by atoms with van der Waals surface area (Å²) in [5, 5.41) is 5.28. The van der Waals surface area contributed by atoms with Gasteiger partial charge in [-0.25, -0.2) is 4.79 Å². The number of carbonyl (C=O) groups excluding carboxylic acids is 4. The molecule has 2 rings (SSSR count). The first kappa shape index (κ1) is 24.1. The van der Waals surface area contributed by atoms with Crippen molar-refractivity contribution in [2.45, 2.75) is 26.7 Å². The van der Waals surface area contributed by atoms with E-state index in [2.05, 4.69) is 31.3 Å². The number of benzene rings is 2. The fourth-order valence-corrected chi connectivity index (χ4v) is 2.91. The normalized spacial score (nSPS) is 10.2. The van der Waals surface area contributed by atoms with Crippen molar-refractivity contribution in [3.8, 4) is 0 Å². The van der Waals surface area contributed by atoms with Gasteiger partial charge in [-0.15, -0.1) is 0 Å². The van der Waals surface area contributed by atoms with Crippen LogP contribution < -0.4 is 10.6 Å². The molecule has 8 nitrogen and oxygen atoms in total. The number of carbonyl (C=O) groups is 4. The molecule has 0 aromatic heterocycles. The largest absolute Gasteiger partial charge is 0.465 e. The summed E-state index contributed by atoms with van der Waals surface area (Å²) in [5.41, 5.74) is 3.38. The number of ether oxygens (including phenoxy) is 2. The Morgan fingerprint density at radius 3 is 2.03 bits per heavy atom. The van der Waals surface area contributed by atoms with Crippen LogP contribution in [0.15, 0.2) is 40.9 Å². The predicted octanol–water partition coefficient (Wildman–Crippen LogP) is 3.75. The Hall–Kier alpha value is -3.20. The topological polar surface area (TPSA) is 111 Å². The van der Waals surface area contributed by atoms with Crippen molar-refractivity contribution in [1.29, 1.82) is 0 Å². The number of halogens is 1. The maximum atomic E-state index is 12.0. The van der Waals surface area contributed by atoms with E-state index in [0.717, 1.165) is 15.6 Å². The molecule has 0 spiro atoms. The summed E-state index contributed by atoms with van der Waals surface area (Å²) in [6.07, 6.45) is -0.278. The summed E-state index contributed by atoms with van der Waals surface area (Å²) in [4.78, 5) is 47.2. The fourth-order valence-electron chi connectivity index (χ4n) is 2.68. The molecule has 0 aliphatic heterocycles. The zero-order chi connectivity index (χ0) is 23.0. The van der Waals surface area contributed by atoms with Crippen molar-refractivity contribution >= 4 is 51.1 Å². The Kier molecular flexibility index (Phi) is 8.75. The average Bonchev–Trinajstić information content (AvgIpc) is 2.74. The van der Waals surface area contributed by atoms with Gasteiger partial charge in [-0.05, 0) is 61.4 Å². The first-order valence-corrected chi connectivity index (χ1v) is 10.2. The highest BCUT2D eigenvalue weighted by Gasteiger charge is 2.12. The summed E-state index contributed by atoms with van der Waals surface area (Å²) >= 11 is 3.46. The Morgan fingerprint density at radius 2 is 1.45 bits per heavy atom. The lowest BCUT2D eigenvalue weighted by Crippen LogP contribution is -2.22. The number of nitrogens with one attached hydrogen (secondary N) is 2. The Labute approximate surface area is 188 Å². The number of esters is 2. The lowest BCUT2D eigenvalue weighted by atomic mass is 10.1. The summed E-state index contributed by atoms with van der Waals surface area (Å²) in [5.74, 6) is -2.00. The summed E-state index contributed by atoms with van der Waals surface area (Å²) in [6, 6.07) is 9.75. The Balaban J connectivity index is 1.73. The Morgan fingerprint density at radius 1 is 0.871 bits per heavy atom. The van der Waals surface area contributed by atoms with Crippen molar-refractivity contribution in [2.24, 2.45) is 0 Å². The lowest BCUT2D eigenvalue weighted by molar-refractivity contribution is -0.147. The van der Waals surface area contributed by atoms with Crippen LogP contribution in [0.1, 0.15) is 34.3 Å². The molecule has 0 bridgehead atoms. The first-order valence-electron chi connectivity index (χ1n) is 9.40. The van der Waals surface area contributed by atoms with E-state index < -0.39 is 30.4 Å². The molecule has 9 heteroatoms. The van der Waals surface area contributed by atoms with Gasteiger partial charge in [0.25, 0.3) is 5.91 Å². The molecule has 0 unspecified atom stereocenters. The van der Waals surface area contributed by atoms with E-state index in [1.165, 1.54) is 19.2 Å². The third-order valence-corrected chi connectivity index (χ3v) is 5.48. The highest BCUT2D eigenvalue weighted by Crippen LogP contribution is 2.24. The van der Waals surface area contributed by atoms with E-state index in [0.29, 0.717) is 16.9 Å². The summed E-state index contributed by atoms with van der Waals surface area (Å²) in [7, 11) is 1.28. The van der Waals surface area contributed by atoms with Gasteiger partial charge in [0.2, 0.25) is 5.91 Å². The molecule has 2 amide bonds. The molecule has 0 saturated heterocycles. The van der Waals surface area contributed by atoms with Gasteiger partial charge in [0, 0.05) is 22.3 Å². The number of hydrogen-bond donors (Lipinski definition) is 2. The van der Waals surface area contributed by atoms with Gasteiger partial charge in [-0.1, -0.05) is 15.9 Å². The molecule has 0 radical (unpaired) electrons. The maximum absolute atomic E-state index is 12.0. The van der Waals surface area contributed by atoms with Gasteiger partial charge in [0.1, 0.15) is 0 Å². The zero-order valence-corrected chi connectivity index (χ0v) is 19.0. The van der Waals surface area contributed by atoms with Gasteiger partial charge in [-0.2, -0.15) is 0 Å². The molecule has 0 saturated carbocycles. The van der Waals surface area contributed by atoms with Crippen LogP contribution in [0.2, 0.25) is 0 Å². The second-order valence-electron chi connectivity index (χ2n) is 6.75. The minimum absolute atomic E-state index is 0.107. The smallest absolute Gasteiger partial charge is 0.337 e. The predicted molar refractivity (Wildman–Crippen MR) is 119 cm³/mol. The number of rotatable bonds is 8. The molecule has 2 aromatic rings. The molecule has 0 atom stereocenters. The van der Waals surface area contributed by atoms with Gasteiger partial charge < -0.3 is 20.1 Å². The van der Waals surface area contributed by atoms with E-state index in [1.807, 2.05) is 13.8 Å². The Bertz CT molecular complexity index is 965. The van der Waals surface area contributed by atoms with Crippen molar-refractivity contribution in [3.63, 3.8) is 0 Å². The number of methoxy groups -OCH3 is 1. The van der Waals surface area contributed by atoms with Crippen LogP contribution in [0.3, 0.4) is 0 Å². The van der Waals surface area contributed by atoms with E-state index in [-0.39, 0.29) is 12.8 Å². The number of amides is 2. The SMILES string of the molecule is COC(=O)c1ccc(NC(=O)CCC(=O)OCC(=O)Nc2cc(C)c(Br)c(C)c2)cc1. The molecule has 2 N–H and O–H groups in total. The minimum Gasteiger partial charge on any atom is -0.465 e. The molecular weight excluding hydrogens is 468 g/mol. The van der Waals surface area contributed by atoms with Crippen LogP contribution in [-0.2, 0) is 23.9 Å². The maximum Gasteiger partial charge on any atom is 0.337 e. The van der Waals surface area contributed by atoms with Crippen molar-refractivity contribution in [3.05, 3.63) is 57.6 Å². The van der Waals surface area contributed by atoms with E-state index >= 15 is 0 Å². The summed E-state index contributed by atoms with van der Waals surface area (Å²) in [6.45, 7) is 3.38. The van der Waals surface area contributed by atoms with Crippen molar-refractivity contribution in [2.75, 3.05) is 24.4 Å². The monoisotopic (exact) mass is 490 g/mol. The highest BCUT2D eigenvalue weighted by atomic mass is 79.9. The number of aryl methyl sites for hydroxylation is 2. The second kappa shape index (κ2) is 11.3. The van der Waals surface area contributed by atoms with Crippen LogP contribution in [-0.4, -0.2) is 37.5 Å². The number of anilines is 2. The van der Waals surface area contributed by atoms with Crippen LogP contribution in [0.5, 0.6) is 0 Å². The molecule has 0 heterocycles. The molecule has 0 fully saturated rings. The molecule has 0 aliphatic rings. The molecule has 31 heavy (non-hydrogen) atoms. The van der Waals surface area contributed by atoms with Gasteiger partial charge in [-0.3, -0.25) is 14.4 Å². The lowest BCUT2D eigenvalue weighted by Gasteiger charge is -2.10. The van der Waals surface area contributed by atoms with Crippen LogP contribution in [0.4, 0.5) is 11.4 Å². The van der Waals surface area contributed by atoms with E-state index in [4.69, 9.17) is 4.74 Å². The molecular formula is C22H23BrN2O6. The summed E-state index contributed by atoms with van der Waals surface area (Å²) < 4.78 is 10.5. The molecule has 164 valence electrons. The van der Waals surface area contributed by atoms with Crippen LogP contribution in [0, 0.1) is 13.8 Å². The van der Waals surface area contributed by atoms with Gasteiger partial charge in [0.15, 0.2) is 6.61 Å². The second-order valence-corrected chi connectivity index (χ2v) is 7.54. The van der Waals surface area contributed by atoms with Crippen LogP contribution >= 0.6 is 15.9 Å². The van der Waals surface area contributed by atoms with Crippen molar-refractivity contribution in [1.82, 2.24) is 0 Å². The van der Waals surface area contributed by atoms with E-state index in [9.17, 15) is 19.2 Å². The first-order chi connectivity index (χ1) is 14.7. The van der Waals surface area contributed by atoms with Gasteiger partial charge in [0.05, 0.1) is 19.1 Å². The average molecular weight is 491 g/mol. The number of hydrogen-bond acceptors (Lipinski definition) is 6. The minimum atomic E-state index is -0.658. The fraction of sp³-hybridized carbons (Fsp3) is 0.273. The molecule has 2 aromatic carbocycles. The highest BCUT2D eigenvalue weighted by molar-refractivity contribution is 9.10. The standard InChI is InChI=1S/C22H23BrN2O6/c1-13-10-17(11-14(2)21(13)23)25-19(27)12-31-20(28)9-8-18(26)24-16-6-4-15(5-7-16)22(29)30-3/h4-7,10-11H,8-9,12H2,1-3H3,(H,24,26)(H,25,27).